The van der Waals surface area contributed by atoms with Gasteiger partial charge in [0.2, 0.25) is 0 Å². The van der Waals surface area contributed by atoms with E-state index in [0.717, 1.165) is 70.6 Å². The van der Waals surface area contributed by atoms with E-state index in [-0.39, 0.29) is 0 Å². The van der Waals surface area contributed by atoms with Gasteiger partial charge in [0.25, 0.3) is 0 Å². The number of furan rings is 2. The van der Waals surface area contributed by atoms with E-state index in [4.69, 9.17) is 17.7 Å². The molecule has 0 aliphatic heterocycles. The lowest BCUT2D eigenvalue weighted by Gasteiger charge is -2.21. The van der Waals surface area contributed by atoms with Crippen LogP contribution in [0.4, 0.5) is 11.4 Å². The van der Waals surface area contributed by atoms with Crippen LogP contribution in [0.5, 0.6) is 0 Å². The van der Waals surface area contributed by atoms with E-state index in [0.29, 0.717) is 45.3 Å². The van der Waals surface area contributed by atoms with Gasteiger partial charge in [-0.3, -0.25) is 0 Å². The molecule has 0 saturated heterocycles. The zero-order chi connectivity index (χ0) is 37.3. The molecule has 0 saturated carbocycles. The number of hydrogen-bond acceptors (Lipinski definition) is 8. The van der Waals surface area contributed by atoms with Gasteiger partial charge < -0.3 is 27.5 Å². The van der Waals surface area contributed by atoms with Gasteiger partial charge in [0, 0.05) is 71.6 Å². The van der Waals surface area contributed by atoms with E-state index >= 15 is 0 Å². The third-order valence-electron chi connectivity index (χ3n) is 10.1. The van der Waals surface area contributed by atoms with Crippen molar-refractivity contribution in [2.75, 3.05) is 36.0 Å². The van der Waals surface area contributed by atoms with Crippen molar-refractivity contribution in [2.45, 2.75) is 27.7 Å². The molecule has 0 radical (unpaired) electrons. The van der Waals surface area contributed by atoms with Crippen LogP contribution in [0.2, 0.25) is 0 Å². The van der Waals surface area contributed by atoms with Crippen LogP contribution >= 0.6 is 0 Å². The van der Waals surface area contributed by atoms with Crippen LogP contribution in [-0.2, 0) is 0 Å². The van der Waals surface area contributed by atoms with Crippen molar-refractivity contribution in [3.05, 3.63) is 142 Å². The van der Waals surface area contributed by atoms with Crippen molar-refractivity contribution in [3.8, 4) is 56.4 Å². The van der Waals surface area contributed by atoms with Crippen molar-refractivity contribution in [3.63, 3.8) is 0 Å². The van der Waals surface area contributed by atoms with Gasteiger partial charge in [-0.15, -0.1) is 0 Å². The van der Waals surface area contributed by atoms with E-state index in [2.05, 4.69) is 49.6 Å². The van der Waals surface area contributed by atoms with Crippen LogP contribution in [0, 0.1) is 0 Å². The first-order valence-corrected chi connectivity index (χ1v) is 18.4. The lowest BCUT2D eigenvalue weighted by Crippen LogP contribution is -2.21. The minimum Gasteiger partial charge on any atom is -0.453 e. The number of benzene rings is 4. The minimum absolute atomic E-state index is 0.394. The highest BCUT2D eigenvalue weighted by molar-refractivity contribution is 5.86. The van der Waals surface area contributed by atoms with Gasteiger partial charge in [-0.2, -0.15) is 0 Å². The maximum atomic E-state index is 13.2. The molecular formula is C46H40N2O6. The molecule has 54 heavy (non-hydrogen) atoms. The summed E-state index contributed by atoms with van der Waals surface area (Å²) in [7, 11) is 0. The van der Waals surface area contributed by atoms with Crippen molar-refractivity contribution in [1.29, 1.82) is 0 Å². The van der Waals surface area contributed by atoms with Crippen LogP contribution in [-0.4, -0.2) is 26.2 Å². The Morgan fingerprint density at radius 3 is 1.20 bits per heavy atom. The summed E-state index contributed by atoms with van der Waals surface area (Å²) in [5, 5.41) is 1.71. The molecule has 0 N–H and O–H groups in total. The second kappa shape index (κ2) is 14.5. The molecule has 0 bridgehead atoms. The Balaban J connectivity index is 1.04. The Morgan fingerprint density at radius 1 is 0.407 bits per heavy atom. The van der Waals surface area contributed by atoms with Crippen LogP contribution in [0.1, 0.15) is 27.7 Å². The second-order valence-electron chi connectivity index (χ2n) is 13.2. The summed E-state index contributed by atoms with van der Waals surface area (Å²) in [6, 6.07) is 38.6. The summed E-state index contributed by atoms with van der Waals surface area (Å²) < 4.78 is 24.2. The van der Waals surface area contributed by atoms with Gasteiger partial charge in [0.05, 0.1) is 11.1 Å². The van der Waals surface area contributed by atoms with Gasteiger partial charge in [0.15, 0.2) is 11.5 Å². The first kappa shape index (κ1) is 34.5. The standard InChI is InChI=1S/C46H40N2O6/c1-5-47(6-2)35-17-15-33-25-37(45(49)53-43(33)27-35)29-11-9-13-31(23-29)39-19-21-41(51-39)42-22-20-40(52-42)32-14-10-12-30(24-32)38-26-34-16-18-36(48(7-3)8-4)28-44(34)54-46(38)50/h9-28H,5-8H2,1-4H3. The number of nitrogens with zero attached hydrogens (tertiary/aromatic N) is 2. The fraction of sp³-hybridized carbons (Fsp3) is 0.174. The normalized spacial score (nSPS) is 11.4. The molecule has 0 atom stereocenters. The van der Waals surface area contributed by atoms with E-state index < -0.39 is 11.3 Å². The number of fused-ring (bicyclic) bond motifs is 2. The summed E-state index contributed by atoms with van der Waals surface area (Å²) in [5.41, 5.74) is 6.45. The van der Waals surface area contributed by atoms with E-state index in [1.165, 1.54) is 0 Å². The highest BCUT2D eigenvalue weighted by Crippen LogP contribution is 2.35. The molecule has 4 heterocycles. The first-order chi connectivity index (χ1) is 26.3. The Bertz CT molecular complexity index is 2550. The number of rotatable bonds is 11. The molecule has 4 aromatic carbocycles. The van der Waals surface area contributed by atoms with Gasteiger partial charge in [-0.05, 0) is 112 Å². The average molecular weight is 717 g/mol. The molecule has 270 valence electrons. The van der Waals surface area contributed by atoms with Gasteiger partial charge >= 0.3 is 11.3 Å². The predicted octanol–water partition coefficient (Wildman–Crippen LogP) is 11.1. The monoisotopic (exact) mass is 716 g/mol. The van der Waals surface area contributed by atoms with E-state index in [1.54, 1.807) is 0 Å². The molecule has 4 aromatic heterocycles. The van der Waals surface area contributed by atoms with Crippen LogP contribution in [0.15, 0.2) is 149 Å². The predicted molar refractivity (Wildman–Crippen MR) is 217 cm³/mol. The van der Waals surface area contributed by atoms with Crippen LogP contribution < -0.4 is 21.1 Å². The molecule has 8 rings (SSSR count). The van der Waals surface area contributed by atoms with Crippen molar-refractivity contribution >= 4 is 33.3 Å². The Labute approximate surface area is 312 Å². The summed E-state index contributed by atoms with van der Waals surface area (Å²) in [4.78, 5) is 30.8. The molecule has 0 amide bonds. The van der Waals surface area contributed by atoms with Gasteiger partial charge in [0.1, 0.15) is 22.7 Å². The topological polar surface area (TPSA) is 93.2 Å². The van der Waals surface area contributed by atoms with Crippen LogP contribution in [0.25, 0.3) is 78.4 Å². The SMILES string of the molecule is CCN(CC)c1ccc2cc(-c3cccc(-c4ccc(-c5ccc(-c6cccc(-c7cc8ccc(N(CC)CC)cc8oc7=O)c6)o5)o4)c3)c(=O)oc2c1. The summed E-state index contributed by atoms with van der Waals surface area (Å²) in [6.45, 7) is 11.9. The average Bonchev–Trinajstić information content (AvgIpc) is 3.90. The smallest absolute Gasteiger partial charge is 0.344 e. The summed E-state index contributed by atoms with van der Waals surface area (Å²) in [5.74, 6) is 2.39. The molecule has 8 nitrogen and oxygen atoms in total. The van der Waals surface area contributed by atoms with Gasteiger partial charge in [-0.25, -0.2) is 9.59 Å². The number of hydrogen-bond donors (Lipinski definition) is 0. The summed E-state index contributed by atoms with van der Waals surface area (Å²) in [6.07, 6.45) is 0. The van der Waals surface area contributed by atoms with Crippen LogP contribution in [0.3, 0.4) is 0 Å². The second-order valence-corrected chi connectivity index (χ2v) is 13.2. The molecule has 8 heteroatoms. The van der Waals surface area contributed by atoms with Crippen molar-refractivity contribution in [2.24, 2.45) is 0 Å². The van der Waals surface area contributed by atoms with E-state index in [9.17, 15) is 9.59 Å². The lowest BCUT2D eigenvalue weighted by atomic mass is 10.0. The molecule has 0 aliphatic carbocycles. The van der Waals surface area contributed by atoms with Crippen molar-refractivity contribution in [1.82, 2.24) is 0 Å². The Hall–Kier alpha value is -6.54. The maximum Gasteiger partial charge on any atom is 0.344 e. The third kappa shape index (κ3) is 6.51. The molecule has 0 unspecified atom stereocenters. The fourth-order valence-electron chi connectivity index (χ4n) is 7.10. The fourth-order valence-corrected chi connectivity index (χ4v) is 7.10. The third-order valence-corrected chi connectivity index (χ3v) is 10.1. The lowest BCUT2D eigenvalue weighted by molar-refractivity contribution is 0.539. The quantitative estimate of drug-likeness (QED) is 0.122. The molecular weight excluding hydrogens is 677 g/mol. The molecule has 0 fully saturated rings. The highest BCUT2D eigenvalue weighted by atomic mass is 16.4. The molecule has 0 spiro atoms. The van der Waals surface area contributed by atoms with Gasteiger partial charge in [-0.1, -0.05) is 36.4 Å². The Morgan fingerprint density at radius 2 is 0.796 bits per heavy atom. The summed E-state index contributed by atoms with van der Waals surface area (Å²) >= 11 is 0. The zero-order valence-corrected chi connectivity index (χ0v) is 30.7. The number of anilines is 2. The minimum atomic E-state index is -0.394. The maximum absolute atomic E-state index is 13.2. The van der Waals surface area contributed by atoms with E-state index in [1.807, 2.05) is 109 Å². The Kier molecular flexibility index (Phi) is 9.26. The zero-order valence-electron chi connectivity index (χ0n) is 30.7. The highest BCUT2D eigenvalue weighted by Gasteiger charge is 2.16. The molecule has 0 aliphatic rings. The first-order valence-electron chi connectivity index (χ1n) is 18.4. The molecule has 8 aromatic rings. The van der Waals surface area contributed by atoms with Crippen molar-refractivity contribution < 1.29 is 17.7 Å². The largest absolute Gasteiger partial charge is 0.453 e.